The Bertz CT molecular complexity index is 1190. The van der Waals surface area contributed by atoms with E-state index in [2.05, 4.69) is 5.32 Å². The van der Waals surface area contributed by atoms with Gasteiger partial charge in [-0.1, -0.05) is 6.07 Å². The first-order chi connectivity index (χ1) is 16.0. The molecule has 2 aromatic carbocycles. The van der Waals surface area contributed by atoms with Crippen LogP contribution in [0.15, 0.2) is 59.6 Å². The maximum atomic E-state index is 13.6. The summed E-state index contributed by atoms with van der Waals surface area (Å²) < 4.78 is 21.3. The summed E-state index contributed by atoms with van der Waals surface area (Å²) in [6, 6.07) is 13.7. The third-order valence-corrected chi connectivity index (χ3v) is 5.95. The molecule has 4 rings (SSSR count). The molecule has 0 radical (unpaired) electrons. The third-order valence-electron chi connectivity index (χ3n) is 5.07. The van der Waals surface area contributed by atoms with Crippen LogP contribution in [0.2, 0.25) is 0 Å². The lowest BCUT2D eigenvalue weighted by Crippen LogP contribution is -2.32. The number of rotatable bonds is 8. The lowest BCUT2D eigenvalue weighted by molar-refractivity contribution is -0.120. The summed E-state index contributed by atoms with van der Waals surface area (Å²) in [5.41, 5.74) is 1.31. The summed E-state index contributed by atoms with van der Waals surface area (Å²) in [4.78, 5) is 28.9. The first-order valence-corrected chi connectivity index (χ1v) is 10.8. The molecule has 33 heavy (non-hydrogen) atoms. The highest BCUT2D eigenvalue weighted by molar-refractivity contribution is 7.11. The highest BCUT2D eigenvalue weighted by Gasteiger charge is 2.41. The predicted molar refractivity (Wildman–Crippen MR) is 126 cm³/mol. The monoisotopic (exact) mass is 466 g/mol. The molecule has 0 saturated heterocycles. The smallest absolute Gasteiger partial charge is 0.282 e. The van der Waals surface area contributed by atoms with Crippen LogP contribution in [0.4, 0.5) is 11.4 Å². The number of nitrogens with zero attached hydrogens (tertiary/aromatic N) is 1. The first-order valence-electron chi connectivity index (χ1n) is 9.89. The van der Waals surface area contributed by atoms with E-state index in [0.717, 1.165) is 4.90 Å². The summed E-state index contributed by atoms with van der Waals surface area (Å²) in [5, 5.41) is 4.97. The fourth-order valence-corrected chi connectivity index (χ4v) is 4.24. The highest BCUT2D eigenvalue weighted by atomic mass is 32.1. The SMILES string of the molecule is COc1cc(NC2=C(c3cccs3)C(=O)N(c3cc(OC)cc(OC)c3)C2=O)cc(OC)c1. The van der Waals surface area contributed by atoms with Gasteiger partial charge in [0, 0.05) is 47.0 Å². The van der Waals surface area contributed by atoms with Crippen molar-refractivity contribution in [1.29, 1.82) is 0 Å². The lowest BCUT2D eigenvalue weighted by atomic mass is 10.1. The summed E-state index contributed by atoms with van der Waals surface area (Å²) in [7, 11) is 6.09. The number of carbonyl (C=O) groups is 2. The van der Waals surface area contributed by atoms with Crippen molar-refractivity contribution in [3.05, 3.63) is 64.5 Å². The minimum atomic E-state index is -0.500. The molecule has 0 aliphatic carbocycles. The number of benzene rings is 2. The van der Waals surface area contributed by atoms with Crippen molar-refractivity contribution >= 4 is 40.1 Å². The van der Waals surface area contributed by atoms with Crippen LogP contribution < -0.4 is 29.2 Å². The Morgan fingerprint density at radius 1 is 0.758 bits per heavy atom. The van der Waals surface area contributed by atoms with Gasteiger partial charge in [-0.3, -0.25) is 9.59 Å². The summed E-state index contributed by atoms with van der Waals surface area (Å²) in [6.45, 7) is 0. The largest absolute Gasteiger partial charge is 0.497 e. The van der Waals surface area contributed by atoms with Crippen LogP contribution in [0.5, 0.6) is 23.0 Å². The average molecular weight is 467 g/mol. The molecule has 3 aromatic rings. The quantitative estimate of drug-likeness (QED) is 0.499. The molecule has 9 heteroatoms. The van der Waals surface area contributed by atoms with E-state index in [9.17, 15) is 9.59 Å². The molecule has 1 aliphatic heterocycles. The Morgan fingerprint density at radius 3 is 1.79 bits per heavy atom. The van der Waals surface area contributed by atoms with E-state index >= 15 is 0 Å². The number of methoxy groups -OCH3 is 4. The van der Waals surface area contributed by atoms with Gasteiger partial charge in [-0.15, -0.1) is 11.3 Å². The number of imide groups is 1. The van der Waals surface area contributed by atoms with Crippen molar-refractivity contribution in [3.8, 4) is 23.0 Å². The summed E-state index contributed by atoms with van der Waals surface area (Å²) in [5.74, 6) is 1.06. The van der Waals surface area contributed by atoms with Crippen LogP contribution in [0.3, 0.4) is 0 Å². The number of anilines is 2. The van der Waals surface area contributed by atoms with Crippen molar-refractivity contribution in [1.82, 2.24) is 0 Å². The Hall–Kier alpha value is -3.98. The molecular formula is C24H22N2O6S. The average Bonchev–Trinajstić information content (AvgIpc) is 3.44. The van der Waals surface area contributed by atoms with E-state index in [1.54, 1.807) is 42.5 Å². The van der Waals surface area contributed by atoms with Gasteiger partial charge in [-0.25, -0.2) is 4.90 Å². The zero-order chi connectivity index (χ0) is 23.5. The zero-order valence-electron chi connectivity index (χ0n) is 18.5. The number of carbonyl (C=O) groups excluding carboxylic acids is 2. The van der Waals surface area contributed by atoms with E-state index in [-0.39, 0.29) is 11.3 Å². The van der Waals surface area contributed by atoms with Gasteiger partial charge in [-0.05, 0) is 11.4 Å². The molecule has 1 aromatic heterocycles. The molecule has 0 saturated carbocycles. The van der Waals surface area contributed by atoms with Gasteiger partial charge in [0.1, 0.15) is 28.7 Å². The van der Waals surface area contributed by atoms with E-state index in [1.807, 2.05) is 11.4 Å². The lowest BCUT2D eigenvalue weighted by Gasteiger charge is -2.17. The highest BCUT2D eigenvalue weighted by Crippen LogP contribution is 2.38. The van der Waals surface area contributed by atoms with E-state index in [1.165, 1.54) is 39.8 Å². The second kappa shape index (κ2) is 9.25. The van der Waals surface area contributed by atoms with Gasteiger partial charge in [-0.2, -0.15) is 0 Å². The normalized spacial score (nSPS) is 13.4. The minimum absolute atomic E-state index is 0.152. The molecule has 1 aliphatic rings. The molecule has 1 N–H and O–H groups in total. The van der Waals surface area contributed by atoms with E-state index in [4.69, 9.17) is 18.9 Å². The van der Waals surface area contributed by atoms with Gasteiger partial charge in [0.2, 0.25) is 0 Å². The Kier molecular flexibility index (Phi) is 6.23. The van der Waals surface area contributed by atoms with E-state index < -0.39 is 11.8 Å². The molecule has 0 spiro atoms. The zero-order valence-corrected chi connectivity index (χ0v) is 19.3. The standard InChI is InChI=1S/C24H22N2O6S/c1-29-16-8-14(9-17(12-16)30-2)25-22-21(20-6-5-7-33-20)23(27)26(24(22)28)15-10-18(31-3)13-19(11-15)32-4/h5-13,25H,1-4H3. The van der Waals surface area contributed by atoms with Gasteiger partial charge < -0.3 is 24.3 Å². The summed E-state index contributed by atoms with van der Waals surface area (Å²) >= 11 is 1.37. The van der Waals surface area contributed by atoms with Crippen molar-refractivity contribution in [2.45, 2.75) is 0 Å². The van der Waals surface area contributed by atoms with Crippen molar-refractivity contribution in [3.63, 3.8) is 0 Å². The molecule has 0 atom stereocenters. The molecule has 2 amide bonds. The molecular weight excluding hydrogens is 444 g/mol. The molecule has 0 bridgehead atoms. The number of nitrogens with one attached hydrogen (secondary N) is 1. The first kappa shape index (κ1) is 22.2. The second-order valence-electron chi connectivity index (χ2n) is 6.97. The van der Waals surface area contributed by atoms with Crippen LogP contribution >= 0.6 is 11.3 Å². The van der Waals surface area contributed by atoms with Crippen molar-refractivity contribution in [2.75, 3.05) is 38.7 Å². The molecule has 0 fully saturated rings. The number of thiophene rings is 1. The van der Waals surface area contributed by atoms with Crippen LogP contribution in [0.25, 0.3) is 5.57 Å². The fraction of sp³-hybridized carbons (Fsp3) is 0.167. The predicted octanol–water partition coefficient (Wildman–Crippen LogP) is 4.18. The Balaban J connectivity index is 1.81. The molecule has 170 valence electrons. The molecule has 8 nitrogen and oxygen atoms in total. The van der Waals surface area contributed by atoms with Gasteiger partial charge >= 0.3 is 0 Å². The van der Waals surface area contributed by atoms with Gasteiger partial charge in [0.25, 0.3) is 11.8 Å². The topological polar surface area (TPSA) is 86.3 Å². The maximum Gasteiger partial charge on any atom is 0.282 e. The Morgan fingerprint density at radius 2 is 1.30 bits per heavy atom. The van der Waals surface area contributed by atoms with Crippen LogP contribution in [-0.2, 0) is 9.59 Å². The van der Waals surface area contributed by atoms with E-state index in [0.29, 0.717) is 39.2 Å². The molecule has 2 heterocycles. The minimum Gasteiger partial charge on any atom is -0.497 e. The van der Waals surface area contributed by atoms with Crippen LogP contribution in [0, 0.1) is 0 Å². The van der Waals surface area contributed by atoms with Crippen LogP contribution in [0.1, 0.15) is 4.88 Å². The number of amides is 2. The maximum absolute atomic E-state index is 13.6. The third kappa shape index (κ3) is 4.22. The number of hydrogen-bond donors (Lipinski definition) is 1. The molecule has 0 unspecified atom stereocenters. The van der Waals surface area contributed by atoms with Gasteiger partial charge in [0.05, 0.1) is 39.7 Å². The second-order valence-corrected chi connectivity index (χ2v) is 7.92. The van der Waals surface area contributed by atoms with Gasteiger partial charge in [0.15, 0.2) is 0 Å². The van der Waals surface area contributed by atoms with Crippen molar-refractivity contribution in [2.24, 2.45) is 0 Å². The van der Waals surface area contributed by atoms with Crippen LogP contribution in [-0.4, -0.2) is 40.3 Å². The van der Waals surface area contributed by atoms with Crippen molar-refractivity contribution < 1.29 is 28.5 Å². The fourth-order valence-electron chi connectivity index (χ4n) is 3.48. The Labute approximate surface area is 194 Å². The number of ether oxygens (including phenoxy) is 4. The number of hydrogen-bond acceptors (Lipinski definition) is 8. The summed E-state index contributed by atoms with van der Waals surface area (Å²) in [6.07, 6.45) is 0.